The Hall–Kier alpha value is -2.75. The van der Waals surface area contributed by atoms with Crippen LogP contribution in [0.3, 0.4) is 0 Å². The summed E-state index contributed by atoms with van der Waals surface area (Å²) in [5.41, 5.74) is 10.9. The topological polar surface area (TPSA) is 34.3 Å². The zero-order valence-electron chi connectivity index (χ0n) is 17.1. The summed E-state index contributed by atoms with van der Waals surface area (Å²) < 4.78 is 4.35. The van der Waals surface area contributed by atoms with Crippen LogP contribution in [0, 0.1) is 27.7 Å². The van der Waals surface area contributed by atoms with Crippen molar-refractivity contribution in [3.8, 4) is 11.3 Å². The quantitative estimate of drug-likeness (QED) is 0.505. The van der Waals surface area contributed by atoms with E-state index in [9.17, 15) is 0 Å². The van der Waals surface area contributed by atoms with Crippen LogP contribution < -0.4 is 4.40 Å². The summed E-state index contributed by atoms with van der Waals surface area (Å²) >= 11 is 0. The number of nitrogens with zero attached hydrogens (tertiary/aromatic N) is 4. The van der Waals surface area contributed by atoms with Crippen molar-refractivity contribution >= 4 is 11.3 Å². The Bertz CT molecular complexity index is 1100. The second-order valence-electron chi connectivity index (χ2n) is 7.27. The predicted molar refractivity (Wildman–Crippen MR) is 109 cm³/mol. The van der Waals surface area contributed by atoms with E-state index in [4.69, 9.17) is 10.1 Å². The van der Waals surface area contributed by atoms with Crippen LogP contribution in [0.4, 0.5) is 0 Å². The van der Waals surface area contributed by atoms with E-state index in [0.29, 0.717) is 0 Å². The molecule has 0 fully saturated rings. The SMILES string of the molecule is CCc1c(C)nn2c(c1C)c(-c1ccccc1)[n+]1c(C)c(CC)c(C)nc21. The molecule has 3 aromatic heterocycles. The van der Waals surface area contributed by atoms with Gasteiger partial charge in [-0.15, -0.1) is 5.10 Å². The summed E-state index contributed by atoms with van der Waals surface area (Å²) in [7, 11) is 0. The Morgan fingerprint density at radius 2 is 1.56 bits per heavy atom. The lowest BCUT2D eigenvalue weighted by Crippen LogP contribution is -2.30. The molecule has 0 amide bonds. The van der Waals surface area contributed by atoms with Crippen molar-refractivity contribution in [3.63, 3.8) is 0 Å². The van der Waals surface area contributed by atoms with Crippen molar-refractivity contribution in [2.75, 3.05) is 0 Å². The number of aromatic nitrogens is 4. The highest BCUT2D eigenvalue weighted by atomic mass is 15.3. The van der Waals surface area contributed by atoms with Crippen molar-refractivity contribution in [1.29, 1.82) is 0 Å². The van der Waals surface area contributed by atoms with Crippen LogP contribution in [0.15, 0.2) is 30.3 Å². The Morgan fingerprint density at radius 3 is 2.19 bits per heavy atom. The van der Waals surface area contributed by atoms with Gasteiger partial charge in [0, 0.05) is 11.1 Å². The lowest BCUT2D eigenvalue weighted by Gasteiger charge is -2.07. The van der Waals surface area contributed by atoms with Gasteiger partial charge in [0.05, 0.1) is 11.4 Å². The van der Waals surface area contributed by atoms with Crippen molar-refractivity contribution < 1.29 is 4.40 Å². The van der Waals surface area contributed by atoms with Crippen molar-refractivity contribution in [2.24, 2.45) is 0 Å². The van der Waals surface area contributed by atoms with Gasteiger partial charge in [-0.25, -0.2) is 0 Å². The first kappa shape index (κ1) is 17.7. The Labute approximate surface area is 160 Å². The van der Waals surface area contributed by atoms with E-state index in [1.165, 1.54) is 33.6 Å². The molecule has 27 heavy (non-hydrogen) atoms. The zero-order valence-corrected chi connectivity index (χ0v) is 17.1. The average molecular weight is 359 g/mol. The molecule has 1 aromatic carbocycles. The van der Waals surface area contributed by atoms with E-state index in [1.807, 2.05) is 4.52 Å². The van der Waals surface area contributed by atoms with Gasteiger partial charge in [-0.1, -0.05) is 53.7 Å². The zero-order chi connectivity index (χ0) is 19.3. The molecule has 0 aliphatic heterocycles. The number of fused-ring (bicyclic) bond motifs is 3. The summed E-state index contributed by atoms with van der Waals surface area (Å²) in [5, 5.41) is 4.95. The monoisotopic (exact) mass is 359 g/mol. The lowest BCUT2D eigenvalue weighted by atomic mass is 10.0. The number of rotatable bonds is 3. The molecule has 0 aliphatic carbocycles. The van der Waals surface area contributed by atoms with Gasteiger partial charge in [0.2, 0.25) is 0 Å². The van der Waals surface area contributed by atoms with Gasteiger partial charge in [-0.3, -0.25) is 0 Å². The van der Waals surface area contributed by atoms with Gasteiger partial charge in [-0.05, 0) is 51.7 Å². The number of aryl methyl sites for hydroxylation is 4. The number of benzene rings is 1. The van der Waals surface area contributed by atoms with Crippen molar-refractivity contribution in [3.05, 3.63) is 64.1 Å². The third-order valence-electron chi connectivity index (χ3n) is 5.77. The molecule has 4 rings (SSSR count). The van der Waals surface area contributed by atoms with E-state index in [1.54, 1.807) is 0 Å². The minimum Gasteiger partial charge on any atom is -0.193 e. The van der Waals surface area contributed by atoms with Crippen LogP contribution in [0.25, 0.3) is 22.6 Å². The van der Waals surface area contributed by atoms with Crippen LogP contribution in [0.5, 0.6) is 0 Å². The van der Waals surface area contributed by atoms with Crippen molar-refractivity contribution in [1.82, 2.24) is 14.6 Å². The van der Waals surface area contributed by atoms with Crippen molar-refractivity contribution in [2.45, 2.75) is 54.4 Å². The standard InChI is InChI=1S/C23H27N4/c1-7-19-14(3)21-22(18-12-10-9-11-13-18)26-17(6)20(8-2)15(4)24-23(26)27(21)25-16(19)5/h9-13H,7-8H2,1-6H3/q+1. The van der Waals surface area contributed by atoms with Crippen LogP contribution in [-0.4, -0.2) is 14.6 Å². The molecular formula is C23H27N4+. The molecule has 0 saturated carbocycles. The first-order chi connectivity index (χ1) is 13.0. The maximum Gasteiger partial charge on any atom is 0.428 e. The minimum absolute atomic E-state index is 0.893. The fraction of sp³-hybridized carbons (Fsp3) is 0.348. The van der Waals surface area contributed by atoms with Gasteiger partial charge in [0.25, 0.3) is 0 Å². The van der Waals surface area contributed by atoms with Gasteiger partial charge >= 0.3 is 5.78 Å². The van der Waals surface area contributed by atoms with E-state index in [0.717, 1.165) is 35.5 Å². The molecule has 3 heterocycles. The molecule has 0 saturated heterocycles. The second-order valence-corrected chi connectivity index (χ2v) is 7.27. The molecule has 0 N–H and O–H groups in total. The molecule has 0 radical (unpaired) electrons. The first-order valence-corrected chi connectivity index (χ1v) is 9.77. The molecule has 4 aromatic rings. The second kappa shape index (κ2) is 6.45. The highest BCUT2D eigenvalue weighted by Crippen LogP contribution is 2.29. The van der Waals surface area contributed by atoms with Gasteiger partial charge in [0.1, 0.15) is 5.69 Å². The van der Waals surface area contributed by atoms with E-state index >= 15 is 0 Å². The first-order valence-electron chi connectivity index (χ1n) is 9.77. The van der Waals surface area contributed by atoms with Crippen LogP contribution in [0.1, 0.15) is 47.6 Å². The molecule has 0 unspecified atom stereocenters. The molecule has 0 bridgehead atoms. The number of imidazole rings is 1. The molecular weight excluding hydrogens is 332 g/mol. The molecule has 4 heteroatoms. The van der Waals surface area contributed by atoms with Crippen LogP contribution in [-0.2, 0) is 12.8 Å². The lowest BCUT2D eigenvalue weighted by molar-refractivity contribution is -0.509. The summed E-state index contributed by atoms with van der Waals surface area (Å²) in [6.07, 6.45) is 1.95. The Balaban J connectivity index is 2.32. The maximum absolute atomic E-state index is 4.98. The highest BCUT2D eigenvalue weighted by Gasteiger charge is 2.29. The summed E-state index contributed by atoms with van der Waals surface area (Å²) in [4.78, 5) is 4.98. The molecule has 0 spiro atoms. The van der Waals surface area contributed by atoms with Crippen LogP contribution >= 0.6 is 0 Å². The predicted octanol–water partition coefficient (Wildman–Crippen LogP) is 4.49. The number of hydrogen-bond acceptors (Lipinski definition) is 2. The molecule has 0 aliphatic rings. The fourth-order valence-electron chi connectivity index (χ4n) is 4.48. The van der Waals surface area contributed by atoms with E-state index in [-0.39, 0.29) is 0 Å². The number of hydrogen-bond donors (Lipinski definition) is 0. The summed E-state index contributed by atoms with van der Waals surface area (Å²) in [6.45, 7) is 13.0. The fourth-order valence-corrected chi connectivity index (χ4v) is 4.48. The largest absolute Gasteiger partial charge is 0.428 e. The summed E-state index contributed by atoms with van der Waals surface area (Å²) in [6, 6.07) is 10.6. The molecule has 138 valence electrons. The third-order valence-corrected chi connectivity index (χ3v) is 5.77. The van der Waals surface area contributed by atoms with E-state index < -0.39 is 0 Å². The normalized spacial score (nSPS) is 11.6. The minimum atomic E-state index is 0.893. The third kappa shape index (κ3) is 2.47. The Kier molecular flexibility index (Phi) is 4.22. The maximum atomic E-state index is 4.98. The van der Waals surface area contributed by atoms with Crippen LogP contribution in [0.2, 0.25) is 0 Å². The summed E-state index contributed by atoms with van der Waals surface area (Å²) in [5.74, 6) is 0.893. The Morgan fingerprint density at radius 1 is 0.889 bits per heavy atom. The molecule has 4 nitrogen and oxygen atoms in total. The van der Waals surface area contributed by atoms with Gasteiger partial charge < -0.3 is 0 Å². The van der Waals surface area contributed by atoms with Gasteiger partial charge in [0.15, 0.2) is 11.2 Å². The average Bonchev–Trinajstić information content (AvgIpc) is 2.98. The highest BCUT2D eigenvalue weighted by molar-refractivity contribution is 5.80. The van der Waals surface area contributed by atoms with E-state index in [2.05, 4.69) is 76.3 Å². The van der Waals surface area contributed by atoms with Gasteiger partial charge in [-0.2, -0.15) is 4.40 Å². The smallest absolute Gasteiger partial charge is 0.193 e. The molecule has 0 atom stereocenters.